The van der Waals surface area contributed by atoms with Crippen LogP contribution in [0.3, 0.4) is 0 Å². The maximum absolute atomic E-state index is 14.0. The van der Waals surface area contributed by atoms with Gasteiger partial charge in [0.25, 0.3) is 0 Å². The summed E-state index contributed by atoms with van der Waals surface area (Å²) in [4.78, 5) is 122. The van der Waals surface area contributed by atoms with Crippen molar-refractivity contribution in [3.8, 4) is 0 Å². The molecular formula is C38H59N11O13S. The quantitative estimate of drug-likeness (QED) is 0.0179. The van der Waals surface area contributed by atoms with Gasteiger partial charge in [-0.3, -0.25) is 43.3 Å². The Labute approximate surface area is 368 Å². The van der Waals surface area contributed by atoms with E-state index in [0.29, 0.717) is 12.0 Å². The molecular weight excluding hydrogens is 851 g/mol. The molecule has 1 fully saturated rings. The highest BCUT2D eigenvalue weighted by molar-refractivity contribution is 7.80. The molecule has 2 rings (SSSR count). The third kappa shape index (κ3) is 17.3. The van der Waals surface area contributed by atoms with E-state index in [1.807, 2.05) is 5.32 Å². The first-order chi connectivity index (χ1) is 29.7. The van der Waals surface area contributed by atoms with Crippen molar-refractivity contribution in [2.24, 2.45) is 28.1 Å². The molecule has 0 unspecified atom stereocenters. The van der Waals surface area contributed by atoms with Gasteiger partial charge in [-0.15, -0.1) is 0 Å². The fourth-order valence-electron chi connectivity index (χ4n) is 6.21. The second kappa shape index (κ2) is 26.4. The number of aliphatic hydroxyl groups excluding tert-OH is 2. The second-order valence-electron chi connectivity index (χ2n) is 14.9. The van der Waals surface area contributed by atoms with Gasteiger partial charge in [0, 0.05) is 25.3 Å². The number of aliphatic hydroxyl groups is 2. The number of nitrogens with zero attached hydrogens (tertiary/aromatic N) is 2. The maximum atomic E-state index is 14.0. The zero-order valence-corrected chi connectivity index (χ0v) is 35.8. The molecule has 0 aromatic heterocycles. The highest BCUT2D eigenvalue weighted by Gasteiger charge is 2.40. The lowest BCUT2D eigenvalue weighted by Crippen LogP contribution is -2.61. The van der Waals surface area contributed by atoms with Crippen molar-refractivity contribution in [2.45, 2.75) is 101 Å². The number of carboxylic acids is 2. The highest BCUT2D eigenvalue weighted by atomic mass is 32.1. The number of amides is 7. The third-order valence-electron chi connectivity index (χ3n) is 9.78. The van der Waals surface area contributed by atoms with Crippen LogP contribution in [0.25, 0.3) is 0 Å². The van der Waals surface area contributed by atoms with Crippen LogP contribution in [0.5, 0.6) is 0 Å². The van der Waals surface area contributed by atoms with Crippen LogP contribution in [0.1, 0.15) is 51.5 Å². The number of carbonyl (C=O) groups excluding carboxylic acids is 7. The predicted octanol–water partition coefficient (Wildman–Crippen LogP) is -5.36. The van der Waals surface area contributed by atoms with Gasteiger partial charge in [-0.25, -0.2) is 4.79 Å². The zero-order valence-electron chi connectivity index (χ0n) is 34.9. The monoisotopic (exact) mass is 909 g/mol. The molecule has 1 aromatic rings. The molecule has 63 heavy (non-hydrogen) atoms. The summed E-state index contributed by atoms with van der Waals surface area (Å²) in [6.45, 7) is 1.65. The standard InChI is InChI=1S/C38H59N11O13S/c1-19(2)29(39)35(59)43-21(10-6-12-42-38(40)41)30(54)46-24(16-50)36(60)49-13-7-11-27(49)34(58)45-22(14-20-8-4-3-5-9-20)31(55)44-23(15-28(52)53)32(56)48-26(18-63)33(57)47-25(17-51)37(61)62/h3-5,8-9,19,21-27,29,50-51,63H,6-7,10-18,39H2,1-2H3,(H,43,59)(H,44,55)(H,45,58)(H,46,54)(H,47,57)(H,48,56)(H,52,53)(H,61,62)(H4,40,41,42)/t21-,22-,23-,24-,25-,26-,27-,29-/m0/s1. The van der Waals surface area contributed by atoms with Crippen molar-refractivity contribution in [3.05, 3.63) is 35.9 Å². The smallest absolute Gasteiger partial charge is 0.328 e. The lowest BCUT2D eigenvalue weighted by Gasteiger charge is -2.30. The highest BCUT2D eigenvalue weighted by Crippen LogP contribution is 2.20. The largest absolute Gasteiger partial charge is 0.481 e. The molecule has 0 radical (unpaired) electrons. The van der Waals surface area contributed by atoms with Gasteiger partial charge < -0.3 is 74.4 Å². The average Bonchev–Trinajstić information content (AvgIpc) is 3.74. The van der Waals surface area contributed by atoms with E-state index in [1.165, 1.54) is 0 Å². The van der Waals surface area contributed by atoms with Gasteiger partial charge in [0.15, 0.2) is 5.96 Å². The fourth-order valence-corrected chi connectivity index (χ4v) is 6.47. The van der Waals surface area contributed by atoms with Gasteiger partial charge >= 0.3 is 11.9 Å². The Morgan fingerprint density at radius 3 is 1.86 bits per heavy atom. The van der Waals surface area contributed by atoms with E-state index < -0.39 is 127 Å². The third-order valence-corrected chi connectivity index (χ3v) is 10.1. The first-order valence-corrected chi connectivity index (χ1v) is 20.6. The van der Waals surface area contributed by atoms with Crippen molar-refractivity contribution in [2.75, 3.05) is 32.1 Å². The molecule has 16 N–H and O–H groups in total. The average molecular weight is 910 g/mol. The SMILES string of the molecule is CC(C)[C@H](N)C(=O)N[C@@H](CCCN=C(N)N)C(=O)N[C@@H](CO)C(=O)N1CCC[C@H]1C(=O)N[C@@H](Cc1ccccc1)C(=O)N[C@@H](CC(=O)O)C(=O)N[C@@H](CS)C(=O)N[C@@H](CO)C(=O)O. The molecule has 1 aromatic carbocycles. The van der Waals surface area contributed by atoms with Crippen LogP contribution in [0.2, 0.25) is 0 Å². The van der Waals surface area contributed by atoms with Crippen LogP contribution >= 0.6 is 12.6 Å². The maximum Gasteiger partial charge on any atom is 0.328 e. The van der Waals surface area contributed by atoms with Crippen LogP contribution in [0.15, 0.2) is 35.3 Å². The van der Waals surface area contributed by atoms with Crippen LogP contribution in [0.4, 0.5) is 0 Å². The van der Waals surface area contributed by atoms with E-state index >= 15 is 0 Å². The van der Waals surface area contributed by atoms with Crippen molar-refractivity contribution in [3.63, 3.8) is 0 Å². The van der Waals surface area contributed by atoms with E-state index in [2.05, 4.69) is 44.2 Å². The van der Waals surface area contributed by atoms with E-state index in [4.69, 9.17) is 22.3 Å². The fraction of sp³-hybridized carbons (Fsp3) is 0.579. The molecule has 0 saturated carbocycles. The zero-order chi connectivity index (χ0) is 47.4. The number of aliphatic carboxylic acids is 2. The number of nitrogens with one attached hydrogen (secondary N) is 6. The van der Waals surface area contributed by atoms with Gasteiger partial charge in [0.05, 0.1) is 25.7 Å². The molecule has 1 aliphatic heterocycles. The van der Waals surface area contributed by atoms with E-state index in [1.54, 1.807) is 44.2 Å². The lowest BCUT2D eigenvalue weighted by molar-refractivity contribution is -0.144. The normalized spacial score (nSPS) is 16.7. The van der Waals surface area contributed by atoms with Gasteiger partial charge in [-0.05, 0) is 37.2 Å². The summed E-state index contributed by atoms with van der Waals surface area (Å²) < 4.78 is 0. The number of carboxylic acid groups (broad SMARTS) is 2. The van der Waals surface area contributed by atoms with Gasteiger partial charge in [-0.1, -0.05) is 44.2 Å². The molecule has 350 valence electrons. The molecule has 0 bridgehead atoms. The minimum atomic E-state index is -1.84. The summed E-state index contributed by atoms with van der Waals surface area (Å²) in [6.07, 6.45) is -0.546. The Kier molecular flexibility index (Phi) is 22.3. The van der Waals surface area contributed by atoms with Crippen LogP contribution in [-0.2, 0) is 49.6 Å². The van der Waals surface area contributed by atoms with Gasteiger partial charge in [0.2, 0.25) is 41.4 Å². The molecule has 8 atom stereocenters. The van der Waals surface area contributed by atoms with Crippen molar-refractivity contribution in [1.82, 2.24) is 36.8 Å². The number of aliphatic imine (C=N–C) groups is 1. The topological polar surface area (TPSA) is 400 Å². The molecule has 25 heteroatoms. The number of guanidine groups is 1. The van der Waals surface area contributed by atoms with Gasteiger partial charge in [-0.2, -0.15) is 12.6 Å². The summed E-state index contributed by atoms with van der Waals surface area (Å²) in [6, 6.07) is -3.33. The van der Waals surface area contributed by atoms with Crippen molar-refractivity contribution < 1.29 is 63.6 Å². The molecule has 1 aliphatic rings. The number of rotatable bonds is 26. The van der Waals surface area contributed by atoms with Crippen LogP contribution in [0, 0.1) is 5.92 Å². The van der Waals surface area contributed by atoms with E-state index in [0.717, 1.165) is 4.90 Å². The number of likely N-dealkylation sites (tertiary alicyclic amines) is 1. The molecule has 1 saturated heterocycles. The molecule has 0 spiro atoms. The number of hydrogen-bond donors (Lipinski definition) is 14. The Bertz CT molecular complexity index is 1800. The Hall–Kier alpha value is -6.05. The summed E-state index contributed by atoms with van der Waals surface area (Å²) >= 11 is 3.99. The Morgan fingerprint density at radius 1 is 0.762 bits per heavy atom. The van der Waals surface area contributed by atoms with Crippen LogP contribution < -0.4 is 49.1 Å². The molecule has 24 nitrogen and oxygen atoms in total. The van der Waals surface area contributed by atoms with Crippen molar-refractivity contribution in [1.29, 1.82) is 0 Å². The molecule has 7 amide bonds. The molecule has 0 aliphatic carbocycles. The van der Waals surface area contributed by atoms with E-state index in [9.17, 15) is 58.5 Å². The summed E-state index contributed by atoms with van der Waals surface area (Å²) in [5.41, 5.74) is 17.3. The van der Waals surface area contributed by atoms with Gasteiger partial charge in [0.1, 0.15) is 42.3 Å². The Morgan fingerprint density at radius 2 is 1.30 bits per heavy atom. The van der Waals surface area contributed by atoms with E-state index in [-0.39, 0.29) is 50.7 Å². The number of thiol groups is 1. The number of benzene rings is 1. The number of nitrogens with two attached hydrogens (primary N) is 3. The summed E-state index contributed by atoms with van der Waals surface area (Å²) in [5.74, 6) is -10.5. The summed E-state index contributed by atoms with van der Waals surface area (Å²) in [7, 11) is 0. The Balaban J connectivity index is 2.32. The van der Waals surface area contributed by atoms with Crippen LogP contribution in [-0.4, -0.2) is 165 Å². The second-order valence-corrected chi connectivity index (χ2v) is 15.3. The molecule has 1 heterocycles. The minimum absolute atomic E-state index is 0.00696. The first kappa shape index (κ1) is 53.1. The minimum Gasteiger partial charge on any atom is -0.481 e. The number of hydrogen-bond acceptors (Lipinski definition) is 14. The summed E-state index contributed by atoms with van der Waals surface area (Å²) in [5, 5.41) is 52.4. The lowest BCUT2D eigenvalue weighted by atomic mass is 10.0. The first-order valence-electron chi connectivity index (χ1n) is 20.0. The number of carbonyl (C=O) groups is 9. The van der Waals surface area contributed by atoms with Crippen molar-refractivity contribution >= 4 is 71.9 Å². The predicted molar refractivity (Wildman–Crippen MR) is 227 cm³/mol.